The molecule has 0 aromatic carbocycles. The molecule has 12 heteroatoms. The SMILES string of the molecule is C=C(C)C(=O)OCCCC[Si](C)(C)O[SiH](C)O[Si](C)(C)O[Si](C)(C)CCCCOC(=O)C(=C)C.C=CCOCC. The van der Waals surface area contributed by atoms with Crippen molar-refractivity contribution in [1.29, 1.82) is 0 Å². The molecule has 0 aliphatic heterocycles. The molecule has 40 heavy (non-hydrogen) atoms. The Morgan fingerprint density at radius 2 is 1.23 bits per heavy atom. The maximum atomic E-state index is 11.5. The third kappa shape index (κ3) is 24.6. The van der Waals surface area contributed by atoms with Crippen molar-refractivity contribution < 1.29 is 36.1 Å². The van der Waals surface area contributed by atoms with E-state index in [9.17, 15) is 9.59 Å². The van der Waals surface area contributed by atoms with Crippen molar-refractivity contribution in [2.24, 2.45) is 0 Å². The second-order valence-electron chi connectivity index (χ2n) is 11.5. The maximum Gasteiger partial charge on any atom is 0.333 e. The third-order valence-electron chi connectivity index (χ3n) is 5.41. The second-order valence-corrected chi connectivity index (χ2v) is 26.2. The molecule has 8 nitrogen and oxygen atoms in total. The summed E-state index contributed by atoms with van der Waals surface area (Å²) in [6.45, 7) is 33.4. The van der Waals surface area contributed by atoms with E-state index in [1.165, 1.54) is 0 Å². The Morgan fingerprint density at radius 1 is 0.775 bits per heavy atom. The van der Waals surface area contributed by atoms with Gasteiger partial charge in [0.1, 0.15) is 0 Å². The summed E-state index contributed by atoms with van der Waals surface area (Å²) >= 11 is 0. The van der Waals surface area contributed by atoms with Crippen molar-refractivity contribution in [3.8, 4) is 0 Å². The number of esters is 2. The van der Waals surface area contributed by atoms with Crippen LogP contribution in [-0.4, -0.2) is 72.8 Å². The highest BCUT2D eigenvalue weighted by Gasteiger charge is 2.37. The normalized spacial score (nSPS) is 12.6. The van der Waals surface area contributed by atoms with Crippen LogP contribution >= 0.6 is 0 Å². The summed E-state index contributed by atoms with van der Waals surface area (Å²) in [6, 6.07) is 1.99. The third-order valence-corrected chi connectivity index (χ3v) is 20.2. The molecule has 0 bridgehead atoms. The Balaban J connectivity index is 0. The summed E-state index contributed by atoms with van der Waals surface area (Å²) in [5.41, 5.74) is 0.859. The van der Waals surface area contributed by atoms with Gasteiger partial charge in [0.25, 0.3) is 9.28 Å². The number of rotatable bonds is 21. The topological polar surface area (TPSA) is 89.5 Å². The number of hydrogen-bond acceptors (Lipinski definition) is 8. The molecule has 0 saturated carbocycles. The summed E-state index contributed by atoms with van der Waals surface area (Å²) < 4.78 is 34.7. The lowest BCUT2D eigenvalue weighted by atomic mass is 10.3. The van der Waals surface area contributed by atoms with Crippen LogP contribution in [0.3, 0.4) is 0 Å². The average molecular weight is 635 g/mol. The first kappa shape index (κ1) is 41.0. The molecular formula is C28H58O8Si4. The van der Waals surface area contributed by atoms with Crippen LogP contribution in [0.25, 0.3) is 0 Å². The van der Waals surface area contributed by atoms with E-state index in [4.69, 9.17) is 26.6 Å². The van der Waals surface area contributed by atoms with Crippen LogP contribution in [0.15, 0.2) is 37.0 Å². The van der Waals surface area contributed by atoms with Crippen LogP contribution < -0.4 is 0 Å². The van der Waals surface area contributed by atoms with Crippen molar-refractivity contribution in [1.82, 2.24) is 0 Å². The van der Waals surface area contributed by atoms with Gasteiger partial charge in [-0.2, -0.15) is 0 Å². The van der Waals surface area contributed by atoms with E-state index in [0.717, 1.165) is 44.4 Å². The van der Waals surface area contributed by atoms with E-state index in [2.05, 4.69) is 65.6 Å². The van der Waals surface area contributed by atoms with Crippen molar-refractivity contribution in [2.75, 3.05) is 26.4 Å². The molecule has 234 valence electrons. The van der Waals surface area contributed by atoms with Gasteiger partial charge >= 0.3 is 20.5 Å². The quantitative estimate of drug-likeness (QED) is 0.0438. The van der Waals surface area contributed by atoms with Gasteiger partial charge < -0.3 is 26.6 Å². The van der Waals surface area contributed by atoms with Crippen LogP contribution in [-0.2, 0) is 36.1 Å². The van der Waals surface area contributed by atoms with E-state index >= 15 is 0 Å². The van der Waals surface area contributed by atoms with E-state index in [-0.39, 0.29) is 11.9 Å². The second kappa shape index (κ2) is 21.6. The molecule has 0 fully saturated rings. The Hall–Kier alpha value is -1.13. The highest BCUT2D eigenvalue weighted by molar-refractivity contribution is 6.85. The molecule has 0 radical (unpaired) electrons. The number of carbonyl (C=O) groups is 2. The van der Waals surface area contributed by atoms with Gasteiger partial charge in [0, 0.05) is 17.8 Å². The van der Waals surface area contributed by atoms with Gasteiger partial charge in [0.2, 0.25) is 0 Å². The number of unbranched alkanes of at least 4 members (excludes halogenated alkanes) is 2. The minimum Gasteiger partial charge on any atom is -0.462 e. The standard InChI is InChI=1S/C23H48O7Si4.C5H10O/c1-20(2)22(24)26-16-12-14-18-32(6,7)28-31(5)29-34(10,11)30-33(8,9)19-15-13-17-27-23(25)21(3)4;1-3-5-6-4-2/h31H,1,3,12-19H2,2,4-11H3;3H,1,4-5H2,2H3. The van der Waals surface area contributed by atoms with Gasteiger partial charge in [0.05, 0.1) is 19.8 Å². The molecule has 0 amide bonds. The first-order chi connectivity index (χ1) is 18.4. The van der Waals surface area contributed by atoms with Crippen LogP contribution in [0.4, 0.5) is 0 Å². The van der Waals surface area contributed by atoms with E-state index < -0.39 is 34.5 Å². The van der Waals surface area contributed by atoms with Crippen molar-refractivity contribution in [3.63, 3.8) is 0 Å². The first-order valence-electron chi connectivity index (χ1n) is 14.3. The Labute approximate surface area is 249 Å². The summed E-state index contributed by atoms with van der Waals surface area (Å²) in [4.78, 5) is 22.9. The van der Waals surface area contributed by atoms with Gasteiger partial charge in [0.15, 0.2) is 16.6 Å². The Bertz CT molecular complexity index is 784. The molecule has 1 unspecified atom stereocenters. The molecule has 0 rings (SSSR count). The monoisotopic (exact) mass is 634 g/mol. The van der Waals surface area contributed by atoms with Gasteiger partial charge in [-0.25, -0.2) is 9.59 Å². The smallest absolute Gasteiger partial charge is 0.333 e. The van der Waals surface area contributed by atoms with Crippen molar-refractivity contribution in [3.05, 3.63) is 37.0 Å². The zero-order valence-electron chi connectivity index (χ0n) is 27.1. The molecule has 0 aromatic heterocycles. The predicted octanol–water partition coefficient (Wildman–Crippen LogP) is 7.01. The molecule has 0 aromatic rings. The van der Waals surface area contributed by atoms with Crippen LogP contribution in [0.1, 0.15) is 46.5 Å². The van der Waals surface area contributed by atoms with Crippen molar-refractivity contribution in [2.45, 2.75) is 104 Å². The summed E-state index contributed by atoms with van der Waals surface area (Å²) in [6.07, 6.45) is 5.30. The zero-order valence-corrected chi connectivity index (χ0v) is 31.3. The number of carbonyl (C=O) groups excluding carboxylic acids is 2. The molecule has 0 N–H and O–H groups in total. The van der Waals surface area contributed by atoms with Gasteiger partial charge in [-0.1, -0.05) is 32.1 Å². The minimum atomic E-state index is -2.31. The highest BCUT2D eigenvalue weighted by Crippen LogP contribution is 2.24. The van der Waals surface area contributed by atoms with E-state index in [1.54, 1.807) is 19.9 Å². The lowest BCUT2D eigenvalue weighted by Crippen LogP contribution is -2.51. The van der Waals surface area contributed by atoms with Crippen molar-refractivity contribution >= 4 is 46.4 Å². The fraction of sp³-hybridized carbons (Fsp3) is 0.714. The largest absolute Gasteiger partial charge is 0.462 e. The fourth-order valence-corrected chi connectivity index (χ4v) is 20.2. The Morgan fingerprint density at radius 3 is 1.60 bits per heavy atom. The van der Waals surface area contributed by atoms with Crippen LogP contribution in [0.2, 0.25) is 57.9 Å². The Kier molecular flexibility index (Phi) is 22.1. The summed E-state index contributed by atoms with van der Waals surface area (Å²) in [5, 5.41) is 0. The molecule has 0 aliphatic rings. The van der Waals surface area contributed by atoms with Gasteiger partial charge in [-0.3, -0.25) is 0 Å². The molecule has 0 aliphatic carbocycles. The summed E-state index contributed by atoms with van der Waals surface area (Å²) in [7, 11) is -7.91. The minimum absolute atomic E-state index is 0.327. The average Bonchev–Trinajstić information content (AvgIpc) is 2.80. The molecule has 0 saturated heterocycles. The van der Waals surface area contributed by atoms with Gasteiger partial charge in [-0.15, -0.1) is 6.58 Å². The number of hydrogen-bond donors (Lipinski definition) is 0. The summed E-state index contributed by atoms with van der Waals surface area (Å²) in [5.74, 6) is -0.654. The molecule has 0 heterocycles. The number of ether oxygens (including phenoxy) is 3. The van der Waals surface area contributed by atoms with E-state index in [0.29, 0.717) is 31.0 Å². The molecule has 0 spiro atoms. The fourth-order valence-electron chi connectivity index (χ4n) is 3.76. The van der Waals surface area contributed by atoms with E-state index in [1.807, 2.05) is 6.92 Å². The maximum absolute atomic E-state index is 11.5. The highest BCUT2D eigenvalue weighted by atomic mass is 28.5. The van der Waals surface area contributed by atoms with Crippen LogP contribution in [0, 0.1) is 0 Å². The predicted molar refractivity (Wildman–Crippen MR) is 175 cm³/mol. The first-order valence-corrected chi connectivity index (χ1v) is 25.4. The molecular weight excluding hydrogens is 577 g/mol. The molecule has 1 atom stereocenters. The lowest BCUT2D eigenvalue weighted by Gasteiger charge is -2.37. The van der Waals surface area contributed by atoms with Crippen LogP contribution in [0.5, 0.6) is 0 Å². The zero-order chi connectivity index (χ0) is 31.4. The lowest BCUT2D eigenvalue weighted by molar-refractivity contribution is -0.139. The van der Waals surface area contributed by atoms with Gasteiger partial charge in [-0.05, 0) is 91.5 Å².